The van der Waals surface area contributed by atoms with Gasteiger partial charge in [0, 0.05) is 35.3 Å². The summed E-state index contributed by atoms with van der Waals surface area (Å²) in [5.74, 6) is -0.0608. The van der Waals surface area contributed by atoms with Crippen molar-refractivity contribution < 1.29 is 9.90 Å². The first-order valence-electron chi connectivity index (χ1n) is 12.0. The summed E-state index contributed by atoms with van der Waals surface area (Å²) in [6.45, 7) is 1.42. The molecule has 6 heteroatoms. The molecule has 34 heavy (non-hydrogen) atoms. The molecule has 0 radical (unpaired) electrons. The van der Waals surface area contributed by atoms with Gasteiger partial charge in [-0.3, -0.25) is 9.79 Å². The minimum absolute atomic E-state index is 0.0169. The largest absolute Gasteiger partial charge is 0.388 e. The average molecular weight is 522 g/mol. The van der Waals surface area contributed by atoms with Crippen molar-refractivity contribution in [2.75, 3.05) is 13.1 Å². The van der Waals surface area contributed by atoms with Gasteiger partial charge in [0.2, 0.25) is 5.91 Å². The maximum atomic E-state index is 12.1. The summed E-state index contributed by atoms with van der Waals surface area (Å²) >= 11 is 3.66. The Morgan fingerprint density at radius 1 is 1.18 bits per heavy atom. The Hall–Kier alpha value is -2.54. The average Bonchev–Trinajstić information content (AvgIpc) is 3.17. The Morgan fingerprint density at radius 2 is 2.00 bits per heavy atom. The fourth-order valence-corrected chi connectivity index (χ4v) is 5.20. The number of aliphatic hydroxyl groups is 1. The SMILES string of the molecule is O=C(/C=C/c1ccccc1)NCCCNC1CC(C2C=CC=CC2O)=CCC2=C(Br)C=NC2C1. The molecule has 1 aliphatic heterocycles. The molecule has 3 aliphatic rings. The fourth-order valence-electron chi connectivity index (χ4n) is 4.65. The molecule has 0 bridgehead atoms. The summed E-state index contributed by atoms with van der Waals surface area (Å²) in [5.41, 5.74) is 3.59. The molecule has 1 amide bonds. The van der Waals surface area contributed by atoms with E-state index in [-0.39, 0.29) is 23.9 Å². The normalized spacial score (nSPS) is 26.4. The number of carbonyl (C=O) groups excluding carboxylic acids is 1. The molecular formula is C28H32BrN3O2. The number of allylic oxidation sites excluding steroid dienone is 4. The van der Waals surface area contributed by atoms with E-state index in [1.807, 2.05) is 60.9 Å². The summed E-state index contributed by atoms with van der Waals surface area (Å²) in [6.07, 6.45) is 18.5. The summed E-state index contributed by atoms with van der Waals surface area (Å²) in [7, 11) is 0. The first kappa shape index (κ1) is 24.6. The van der Waals surface area contributed by atoms with Gasteiger partial charge in [-0.25, -0.2) is 0 Å². The van der Waals surface area contributed by atoms with Gasteiger partial charge in [0.05, 0.1) is 12.1 Å². The maximum Gasteiger partial charge on any atom is 0.243 e. The topological polar surface area (TPSA) is 73.7 Å². The number of halogens is 1. The zero-order valence-corrected chi connectivity index (χ0v) is 20.8. The number of nitrogens with zero attached hydrogens (tertiary/aromatic N) is 1. The monoisotopic (exact) mass is 521 g/mol. The van der Waals surface area contributed by atoms with Gasteiger partial charge in [0.1, 0.15) is 0 Å². The molecule has 4 atom stereocenters. The molecule has 0 aromatic heterocycles. The number of aliphatic hydroxyl groups excluding tert-OH is 1. The Balaban J connectivity index is 1.29. The highest BCUT2D eigenvalue weighted by Crippen LogP contribution is 2.35. The highest BCUT2D eigenvalue weighted by atomic mass is 79.9. The molecule has 5 nitrogen and oxygen atoms in total. The molecule has 1 aromatic rings. The van der Waals surface area contributed by atoms with Crippen molar-refractivity contribution in [2.24, 2.45) is 10.9 Å². The third kappa shape index (κ3) is 6.75. The van der Waals surface area contributed by atoms with Crippen LogP contribution in [0.5, 0.6) is 0 Å². The van der Waals surface area contributed by atoms with Gasteiger partial charge in [-0.2, -0.15) is 0 Å². The molecule has 1 heterocycles. The highest BCUT2D eigenvalue weighted by molar-refractivity contribution is 9.12. The smallest absolute Gasteiger partial charge is 0.243 e. The van der Waals surface area contributed by atoms with Crippen LogP contribution in [0.1, 0.15) is 31.2 Å². The molecule has 0 saturated carbocycles. The Morgan fingerprint density at radius 3 is 2.82 bits per heavy atom. The van der Waals surface area contributed by atoms with Crippen molar-refractivity contribution in [3.8, 4) is 0 Å². The van der Waals surface area contributed by atoms with E-state index in [1.54, 1.807) is 6.08 Å². The zero-order valence-electron chi connectivity index (χ0n) is 19.2. The molecule has 2 aliphatic carbocycles. The van der Waals surface area contributed by atoms with E-state index in [1.165, 1.54) is 11.1 Å². The van der Waals surface area contributed by atoms with Crippen LogP contribution in [0.25, 0.3) is 6.08 Å². The lowest BCUT2D eigenvalue weighted by Gasteiger charge is -2.30. The van der Waals surface area contributed by atoms with Gasteiger partial charge in [-0.15, -0.1) is 0 Å². The molecule has 0 fully saturated rings. The highest BCUT2D eigenvalue weighted by Gasteiger charge is 2.29. The third-order valence-corrected chi connectivity index (χ3v) is 7.21. The van der Waals surface area contributed by atoms with Crippen LogP contribution in [-0.2, 0) is 4.79 Å². The Kier molecular flexibility index (Phi) is 8.85. The number of hydrogen-bond donors (Lipinski definition) is 3. The zero-order chi connectivity index (χ0) is 23.8. The van der Waals surface area contributed by atoms with E-state index in [9.17, 15) is 9.90 Å². The quantitative estimate of drug-likeness (QED) is 0.268. The number of benzene rings is 1. The number of aliphatic imine (C=N–C) groups is 1. The molecule has 4 rings (SSSR count). The third-order valence-electron chi connectivity index (χ3n) is 6.50. The van der Waals surface area contributed by atoms with E-state index in [2.05, 4.69) is 38.7 Å². The summed E-state index contributed by atoms with van der Waals surface area (Å²) in [4.78, 5) is 16.8. The molecule has 178 valence electrons. The van der Waals surface area contributed by atoms with E-state index in [0.717, 1.165) is 42.3 Å². The summed E-state index contributed by atoms with van der Waals surface area (Å²) in [6, 6.07) is 10.3. The summed E-state index contributed by atoms with van der Waals surface area (Å²) in [5, 5.41) is 17.2. The van der Waals surface area contributed by atoms with Gasteiger partial charge >= 0.3 is 0 Å². The standard InChI is InChI=1S/C28H32BrN3O2/c29-25-19-32-26-18-22(17-21(12-13-24(25)26)23-9-4-5-10-27(23)33)30-15-6-16-31-28(34)14-11-20-7-2-1-3-8-20/h1-5,7-12,14,19,22-23,26-27,30,33H,6,13,15-18H2,(H,31,34)/b14-11+,21-12?. The molecule has 0 saturated heterocycles. The minimum Gasteiger partial charge on any atom is -0.388 e. The molecule has 0 spiro atoms. The molecule has 4 unspecified atom stereocenters. The number of hydrogen-bond acceptors (Lipinski definition) is 4. The Labute approximate surface area is 210 Å². The van der Waals surface area contributed by atoms with Crippen LogP contribution in [-0.4, -0.2) is 48.5 Å². The lowest BCUT2D eigenvalue weighted by molar-refractivity contribution is -0.116. The van der Waals surface area contributed by atoms with E-state index in [0.29, 0.717) is 6.54 Å². The van der Waals surface area contributed by atoms with Crippen molar-refractivity contribution >= 4 is 34.1 Å². The van der Waals surface area contributed by atoms with Crippen LogP contribution in [0.2, 0.25) is 0 Å². The predicted molar refractivity (Wildman–Crippen MR) is 143 cm³/mol. The number of nitrogens with one attached hydrogen (secondary N) is 2. The van der Waals surface area contributed by atoms with Crippen LogP contribution in [0.3, 0.4) is 0 Å². The first-order chi connectivity index (χ1) is 16.6. The van der Waals surface area contributed by atoms with Gasteiger partial charge < -0.3 is 15.7 Å². The number of rotatable bonds is 8. The van der Waals surface area contributed by atoms with Gasteiger partial charge in [-0.05, 0) is 65.4 Å². The van der Waals surface area contributed by atoms with E-state index >= 15 is 0 Å². The van der Waals surface area contributed by atoms with E-state index in [4.69, 9.17) is 4.99 Å². The van der Waals surface area contributed by atoms with Crippen LogP contribution >= 0.6 is 15.9 Å². The molecule has 3 N–H and O–H groups in total. The van der Waals surface area contributed by atoms with Crippen molar-refractivity contribution in [1.82, 2.24) is 10.6 Å². The number of amides is 1. The van der Waals surface area contributed by atoms with Crippen LogP contribution in [0.4, 0.5) is 0 Å². The second kappa shape index (κ2) is 12.2. The Bertz CT molecular complexity index is 1040. The first-order valence-corrected chi connectivity index (χ1v) is 12.8. The minimum atomic E-state index is -0.483. The molecular weight excluding hydrogens is 490 g/mol. The van der Waals surface area contributed by atoms with Crippen LogP contribution in [0.15, 0.2) is 87.4 Å². The van der Waals surface area contributed by atoms with Gasteiger partial charge in [0.25, 0.3) is 0 Å². The van der Waals surface area contributed by atoms with Crippen molar-refractivity contribution in [3.63, 3.8) is 0 Å². The van der Waals surface area contributed by atoms with Crippen molar-refractivity contribution in [2.45, 2.75) is 43.9 Å². The van der Waals surface area contributed by atoms with Gasteiger partial charge in [-0.1, -0.05) is 66.3 Å². The lowest BCUT2D eigenvalue weighted by atomic mass is 9.81. The second-order valence-corrected chi connectivity index (χ2v) is 9.77. The summed E-state index contributed by atoms with van der Waals surface area (Å²) < 4.78 is 1.08. The number of fused-ring (bicyclic) bond motifs is 1. The predicted octanol–water partition coefficient (Wildman–Crippen LogP) is 4.48. The maximum absolute atomic E-state index is 12.1. The van der Waals surface area contributed by atoms with Crippen LogP contribution in [0, 0.1) is 5.92 Å². The van der Waals surface area contributed by atoms with Crippen molar-refractivity contribution in [3.05, 3.63) is 88.0 Å². The number of carbonyl (C=O) groups is 1. The second-order valence-electron chi connectivity index (χ2n) is 8.92. The van der Waals surface area contributed by atoms with Crippen molar-refractivity contribution in [1.29, 1.82) is 0 Å². The van der Waals surface area contributed by atoms with Crippen LogP contribution < -0.4 is 10.6 Å². The lowest BCUT2D eigenvalue weighted by Crippen LogP contribution is -2.37. The molecule has 1 aromatic carbocycles. The van der Waals surface area contributed by atoms with E-state index < -0.39 is 6.10 Å². The fraction of sp³-hybridized carbons (Fsp3) is 0.357. The van der Waals surface area contributed by atoms with Gasteiger partial charge in [0.15, 0.2) is 0 Å².